The zero-order valence-corrected chi connectivity index (χ0v) is 6.78. The molecule has 0 spiro atoms. The van der Waals surface area contributed by atoms with E-state index < -0.39 is 0 Å². The molecule has 2 rings (SSSR count). The van der Waals surface area contributed by atoms with Gasteiger partial charge in [0.15, 0.2) is 13.3 Å². The van der Waals surface area contributed by atoms with E-state index >= 15 is 0 Å². The van der Waals surface area contributed by atoms with Crippen LogP contribution in [0.3, 0.4) is 0 Å². The Kier molecular flexibility index (Phi) is 1.28. The minimum atomic E-state index is 0.421. The third-order valence-electron chi connectivity index (χ3n) is 1.95. The van der Waals surface area contributed by atoms with Gasteiger partial charge in [-0.3, -0.25) is 0 Å². The molecule has 0 bridgehead atoms. The second-order valence-corrected chi connectivity index (χ2v) is 3.02. The second kappa shape index (κ2) is 2.16. The van der Waals surface area contributed by atoms with Crippen molar-refractivity contribution in [1.29, 1.82) is 0 Å². The summed E-state index contributed by atoms with van der Waals surface area (Å²) in [6.45, 7) is 2.11. The molecule has 0 amide bonds. The molecule has 0 radical (unpaired) electrons. The molecule has 1 unspecified atom stereocenters. The first kappa shape index (κ1) is 6.53. The van der Waals surface area contributed by atoms with E-state index in [1.165, 1.54) is 5.57 Å². The lowest BCUT2D eigenvalue weighted by Gasteiger charge is -2.03. The Bertz CT molecular complexity index is 306. The standard InChI is InChI=1S/C9H11N2/c1-7-3-4-9-8(5-7)6-11(2)10-9/h3-6,8H,1-2H3/q+1. The normalized spacial score (nSPS) is 27.5. The molecule has 11 heavy (non-hydrogen) atoms. The predicted octanol–water partition coefficient (Wildman–Crippen LogP) is 1.20. The highest BCUT2D eigenvalue weighted by Gasteiger charge is 2.23. The third-order valence-corrected chi connectivity index (χ3v) is 1.95. The Morgan fingerprint density at radius 1 is 1.45 bits per heavy atom. The molecule has 0 aromatic carbocycles. The summed E-state index contributed by atoms with van der Waals surface area (Å²) in [5, 5.41) is 4.31. The van der Waals surface area contributed by atoms with Gasteiger partial charge < -0.3 is 0 Å². The summed E-state index contributed by atoms with van der Waals surface area (Å²) in [5.74, 6) is 0.421. The molecule has 0 saturated carbocycles. The van der Waals surface area contributed by atoms with Crippen LogP contribution in [0.15, 0.2) is 28.9 Å². The molecule has 0 saturated heterocycles. The molecule has 1 aliphatic carbocycles. The number of hydrogen-bond acceptors (Lipinski definition) is 1. The predicted molar refractivity (Wildman–Crippen MR) is 46.1 cm³/mol. The molecule has 0 aromatic rings. The Morgan fingerprint density at radius 3 is 3.09 bits per heavy atom. The van der Waals surface area contributed by atoms with E-state index in [2.05, 4.69) is 36.5 Å². The van der Waals surface area contributed by atoms with Gasteiger partial charge in [-0.15, -0.1) is 0 Å². The van der Waals surface area contributed by atoms with Crippen LogP contribution in [0.4, 0.5) is 0 Å². The lowest BCUT2D eigenvalue weighted by molar-refractivity contribution is -0.495. The smallest absolute Gasteiger partial charge is 0.0967 e. The quantitative estimate of drug-likeness (QED) is 0.457. The van der Waals surface area contributed by atoms with Crippen LogP contribution in [-0.4, -0.2) is 23.7 Å². The van der Waals surface area contributed by atoms with Crippen LogP contribution >= 0.6 is 0 Å². The maximum absolute atomic E-state index is 4.31. The van der Waals surface area contributed by atoms with E-state index in [1.54, 1.807) is 0 Å². The van der Waals surface area contributed by atoms with Gasteiger partial charge >= 0.3 is 0 Å². The summed E-state index contributed by atoms with van der Waals surface area (Å²) in [6, 6.07) is 0. The molecule has 1 heterocycles. The molecule has 2 nitrogen and oxygen atoms in total. The lowest BCUT2D eigenvalue weighted by Crippen LogP contribution is -2.10. The summed E-state index contributed by atoms with van der Waals surface area (Å²) < 4.78 is 1.87. The number of nitrogens with zero attached hydrogens (tertiary/aromatic N) is 2. The van der Waals surface area contributed by atoms with Gasteiger partial charge in [0.25, 0.3) is 0 Å². The lowest BCUT2D eigenvalue weighted by atomic mass is 9.97. The number of hydrazone groups is 1. The van der Waals surface area contributed by atoms with Crippen molar-refractivity contribution in [2.75, 3.05) is 7.05 Å². The maximum atomic E-state index is 4.31. The summed E-state index contributed by atoms with van der Waals surface area (Å²) in [7, 11) is 1.96. The molecule has 0 N–H and O–H groups in total. The average Bonchev–Trinajstić information content (AvgIpc) is 2.27. The average molecular weight is 147 g/mol. The van der Waals surface area contributed by atoms with Gasteiger partial charge in [0.2, 0.25) is 0 Å². The van der Waals surface area contributed by atoms with Crippen LogP contribution in [0.25, 0.3) is 0 Å². The van der Waals surface area contributed by atoms with Crippen molar-refractivity contribution in [2.24, 2.45) is 11.0 Å². The topological polar surface area (TPSA) is 15.4 Å². The van der Waals surface area contributed by atoms with Crippen molar-refractivity contribution in [2.45, 2.75) is 6.92 Å². The van der Waals surface area contributed by atoms with Gasteiger partial charge in [-0.25, -0.2) is 0 Å². The van der Waals surface area contributed by atoms with Crippen molar-refractivity contribution in [3.8, 4) is 0 Å². The van der Waals surface area contributed by atoms with E-state index in [0.29, 0.717) is 5.92 Å². The molecule has 0 fully saturated rings. The Labute approximate surface area is 66.2 Å². The molecule has 1 atom stereocenters. The van der Waals surface area contributed by atoms with Crippen LogP contribution in [0.5, 0.6) is 0 Å². The van der Waals surface area contributed by atoms with Crippen molar-refractivity contribution in [1.82, 2.24) is 0 Å². The first-order chi connectivity index (χ1) is 5.25. The first-order valence-electron chi connectivity index (χ1n) is 3.78. The van der Waals surface area contributed by atoms with Crippen LogP contribution in [0, 0.1) is 5.92 Å². The largest absolute Gasteiger partial charge is 0.185 e. The minimum Gasteiger partial charge on any atom is -0.0967 e. The first-order valence-corrected chi connectivity index (χ1v) is 3.78. The molecular formula is C9H11N2+. The van der Waals surface area contributed by atoms with Crippen LogP contribution < -0.4 is 0 Å². The molecule has 0 aromatic heterocycles. The van der Waals surface area contributed by atoms with E-state index in [4.69, 9.17) is 0 Å². The van der Waals surface area contributed by atoms with Gasteiger partial charge in [-0.05, 0) is 18.1 Å². The van der Waals surface area contributed by atoms with Crippen molar-refractivity contribution in [3.05, 3.63) is 23.8 Å². The van der Waals surface area contributed by atoms with Gasteiger partial charge in [-0.1, -0.05) is 22.4 Å². The van der Waals surface area contributed by atoms with E-state index in [9.17, 15) is 0 Å². The van der Waals surface area contributed by atoms with Gasteiger partial charge in [0, 0.05) is 0 Å². The van der Waals surface area contributed by atoms with Crippen LogP contribution in [0.1, 0.15) is 6.92 Å². The number of fused-ring (bicyclic) bond motifs is 1. The van der Waals surface area contributed by atoms with Crippen molar-refractivity contribution in [3.63, 3.8) is 0 Å². The fourth-order valence-corrected chi connectivity index (χ4v) is 1.42. The molecule has 1 aliphatic heterocycles. The molecule has 2 aliphatic rings. The summed E-state index contributed by atoms with van der Waals surface area (Å²) in [4.78, 5) is 0. The zero-order chi connectivity index (χ0) is 7.84. The van der Waals surface area contributed by atoms with Crippen molar-refractivity contribution >= 4 is 11.9 Å². The summed E-state index contributed by atoms with van der Waals surface area (Å²) in [6.07, 6.45) is 8.52. The summed E-state index contributed by atoms with van der Waals surface area (Å²) in [5.41, 5.74) is 2.47. The zero-order valence-electron chi connectivity index (χ0n) is 6.78. The van der Waals surface area contributed by atoms with Crippen molar-refractivity contribution < 1.29 is 4.68 Å². The Hall–Kier alpha value is -1.18. The second-order valence-electron chi connectivity index (χ2n) is 3.02. The Balaban J connectivity index is 2.39. The fourth-order valence-electron chi connectivity index (χ4n) is 1.42. The highest BCUT2D eigenvalue weighted by Crippen LogP contribution is 2.15. The molecule has 2 heteroatoms. The maximum Gasteiger partial charge on any atom is 0.185 e. The minimum absolute atomic E-state index is 0.421. The number of rotatable bonds is 0. The highest BCUT2D eigenvalue weighted by molar-refractivity contribution is 6.08. The Morgan fingerprint density at radius 2 is 2.27 bits per heavy atom. The highest BCUT2D eigenvalue weighted by atomic mass is 15.4. The van der Waals surface area contributed by atoms with Gasteiger partial charge in [-0.2, -0.15) is 0 Å². The van der Waals surface area contributed by atoms with Crippen LogP contribution in [0.2, 0.25) is 0 Å². The van der Waals surface area contributed by atoms with Gasteiger partial charge in [0.05, 0.1) is 0 Å². The fraction of sp³-hybridized carbons (Fsp3) is 0.333. The number of hydrogen-bond donors (Lipinski definition) is 0. The third kappa shape index (κ3) is 1.04. The van der Waals surface area contributed by atoms with Gasteiger partial charge in [0.1, 0.15) is 11.6 Å². The van der Waals surface area contributed by atoms with E-state index in [-0.39, 0.29) is 0 Å². The van der Waals surface area contributed by atoms with E-state index in [0.717, 1.165) is 5.71 Å². The SMILES string of the molecule is CC1=CC2C=[N+](C)N=C2C=C1. The van der Waals surface area contributed by atoms with Crippen LogP contribution in [-0.2, 0) is 0 Å². The number of allylic oxidation sites excluding steroid dienone is 4. The molecule has 56 valence electrons. The van der Waals surface area contributed by atoms with E-state index in [1.807, 2.05) is 11.7 Å². The monoisotopic (exact) mass is 147 g/mol. The molecular weight excluding hydrogens is 136 g/mol. The summed E-state index contributed by atoms with van der Waals surface area (Å²) >= 11 is 0.